The zero-order valence-electron chi connectivity index (χ0n) is 13.6. The van der Waals surface area contributed by atoms with Gasteiger partial charge in [0.15, 0.2) is 0 Å². The van der Waals surface area contributed by atoms with Gasteiger partial charge >= 0.3 is 0 Å². The van der Waals surface area contributed by atoms with Crippen molar-refractivity contribution in [1.29, 1.82) is 0 Å². The average Bonchev–Trinajstić information content (AvgIpc) is 2.85. The number of nitrogens with zero attached hydrogens (tertiary/aromatic N) is 1. The Morgan fingerprint density at radius 2 is 2.00 bits per heavy atom. The lowest BCUT2D eigenvalue weighted by Gasteiger charge is -2.15. The quantitative estimate of drug-likeness (QED) is 0.847. The predicted molar refractivity (Wildman–Crippen MR) is 89.2 cm³/mol. The molecule has 0 saturated carbocycles. The molecule has 0 aliphatic carbocycles. The molecule has 0 fully saturated rings. The summed E-state index contributed by atoms with van der Waals surface area (Å²) in [6.07, 6.45) is 4.02. The number of aromatic nitrogens is 2. The first-order chi connectivity index (χ1) is 9.99. The summed E-state index contributed by atoms with van der Waals surface area (Å²) in [5, 5.41) is 0. The first-order valence-corrected chi connectivity index (χ1v) is 7.81. The summed E-state index contributed by atoms with van der Waals surface area (Å²) in [5.74, 6) is 2.22. The number of nitrogens with two attached hydrogens (primary N) is 1. The monoisotopic (exact) mass is 285 g/mol. The molecule has 1 aromatic carbocycles. The standard InChI is InChI=1S/C18H27N3/c1-12(2)7-15(10-19)9-18-20-11-17(21-18)16-6-5-13(3)8-14(16)4/h5-6,8,11-12,15H,7,9-10,19H2,1-4H3,(H,20,21). The van der Waals surface area contributed by atoms with Crippen molar-refractivity contribution < 1.29 is 0 Å². The highest BCUT2D eigenvalue weighted by atomic mass is 14.9. The molecule has 3 nitrogen and oxygen atoms in total. The van der Waals surface area contributed by atoms with Crippen LogP contribution in [0.3, 0.4) is 0 Å². The Morgan fingerprint density at radius 3 is 2.62 bits per heavy atom. The molecule has 0 bridgehead atoms. The van der Waals surface area contributed by atoms with Crippen LogP contribution in [0.25, 0.3) is 11.3 Å². The van der Waals surface area contributed by atoms with Gasteiger partial charge in [-0.2, -0.15) is 0 Å². The molecule has 0 amide bonds. The smallest absolute Gasteiger partial charge is 0.106 e. The fourth-order valence-electron chi connectivity index (χ4n) is 2.92. The molecule has 1 aromatic heterocycles. The maximum Gasteiger partial charge on any atom is 0.106 e. The van der Waals surface area contributed by atoms with Crippen molar-refractivity contribution in [3.05, 3.63) is 41.3 Å². The number of hydrogen-bond acceptors (Lipinski definition) is 2. The van der Waals surface area contributed by atoms with Crippen LogP contribution in [-0.4, -0.2) is 16.5 Å². The molecule has 1 unspecified atom stereocenters. The third kappa shape index (κ3) is 4.18. The minimum atomic E-state index is 0.503. The van der Waals surface area contributed by atoms with E-state index in [0.29, 0.717) is 11.8 Å². The predicted octanol–water partition coefficient (Wildman–Crippen LogP) is 3.86. The largest absolute Gasteiger partial charge is 0.342 e. The van der Waals surface area contributed by atoms with Crippen LogP contribution in [0, 0.1) is 25.7 Å². The highest BCUT2D eigenvalue weighted by molar-refractivity contribution is 5.63. The summed E-state index contributed by atoms with van der Waals surface area (Å²) >= 11 is 0. The van der Waals surface area contributed by atoms with E-state index in [4.69, 9.17) is 5.73 Å². The van der Waals surface area contributed by atoms with Crippen LogP contribution in [0.5, 0.6) is 0 Å². The van der Waals surface area contributed by atoms with Crippen molar-refractivity contribution in [3.8, 4) is 11.3 Å². The van der Waals surface area contributed by atoms with Crippen LogP contribution >= 0.6 is 0 Å². The Labute approximate surface area is 128 Å². The molecule has 3 N–H and O–H groups in total. The fourth-order valence-corrected chi connectivity index (χ4v) is 2.92. The molecule has 21 heavy (non-hydrogen) atoms. The number of aromatic amines is 1. The second-order valence-corrected chi connectivity index (χ2v) is 6.50. The molecule has 2 rings (SSSR count). The normalized spacial score (nSPS) is 12.9. The average molecular weight is 285 g/mol. The van der Waals surface area contributed by atoms with E-state index >= 15 is 0 Å². The molecule has 0 saturated heterocycles. The van der Waals surface area contributed by atoms with E-state index in [0.717, 1.165) is 30.9 Å². The van der Waals surface area contributed by atoms with Crippen LogP contribution in [0.4, 0.5) is 0 Å². The van der Waals surface area contributed by atoms with E-state index in [9.17, 15) is 0 Å². The van der Waals surface area contributed by atoms with E-state index in [1.807, 2.05) is 6.20 Å². The summed E-state index contributed by atoms with van der Waals surface area (Å²) in [7, 11) is 0. The molecule has 0 spiro atoms. The molecule has 1 heterocycles. The first-order valence-electron chi connectivity index (χ1n) is 7.81. The second kappa shape index (κ2) is 6.90. The van der Waals surface area contributed by atoms with E-state index in [1.54, 1.807) is 0 Å². The molecular formula is C18H27N3. The number of benzene rings is 1. The van der Waals surface area contributed by atoms with Crippen LogP contribution in [0.15, 0.2) is 24.4 Å². The molecule has 0 radical (unpaired) electrons. The third-order valence-corrected chi connectivity index (χ3v) is 3.92. The molecule has 114 valence electrons. The van der Waals surface area contributed by atoms with Gasteiger partial charge in [-0.05, 0) is 44.2 Å². The molecule has 0 aliphatic rings. The van der Waals surface area contributed by atoms with Gasteiger partial charge in [-0.3, -0.25) is 0 Å². The Morgan fingerprint density at radius 1 is 1.24 bits per heavy atom. The van der Waals surface area contributed by atoms with Crippen molar-refractivity contribution in [1.82, 2.24) is 9.97 Å². The maximum absolute atomic E-state index is 5.89. The Bertz CT molecular complexity index is 584. The van der Waals surface area contributed by atoms with E-state index in [1.165, 1.54) is 16.7 Å². The minimum absolute atomic E-state index is 0.503. The highest BCUT2D eigenvalue weighted by Crippen LogP contribution is 2.23. The second-order valence-electron chi connectivity index (χ2n) is 6.50. The van der Waals surface area contributed by atoms with E-state index in [2.05, 4.69) is 55.9 Å². The van der Waals surface area contributed by atoms with Crippen molar-refractivity contribution in [2.45, 2.75) is 40.5 Å². The minimum Gasteiger partial charge on any atom is -0.342 e. The zero-order chi connectivity index (χ0) is 15.4. The molecular weight excluding hydrogens is 258 g/mol. The number of hydrogen-bond donors (Lipinski definition) is 2. The Kier molecular flexibility index (Phi) is 5.18. The van der Waals surface area contributed by atoms with E-state index < -0.39 is 0 Å². The van der Waals surface area contributed by atoms with Gasteiger partial charge < -0.3 is 10.7 Å². The topological polar surface area (TPSA) is 54.7 Å². The lowest BCUT2D eigenvalue weighted by Crippen LogP contribution is -2.19. The van der Waals surface area contributed by atoms with Crippen molar-refractivity contribution in [2.75, 3.05) is 6.54 Å². The third-order valence-electron chi connectivity index (χ3n) is 3.92. The molecule has 1 atom stereocenters. The fraction of sp³-hybridized carbons (Fsp3) is 0.500. The van der Waals surface area contributed by atoms with Crippen LogP contribution in [-0.2, 0) is 6.42 Å². The van der Waals surface area contributed by atoms with Crippen molar-refractivity contribution in [2.24, 2.45) is 17.6 Å². The Balaban J connectivity index is 2.14. The Hall–Kier alpha value is -1.61. The maximum atomic E-state index is 5.89. The van der Waals surface area contributed by atoms with Gasteiger partial charge in [0.2, 0.25) is 0 Å². The summed E-state index contributed by atoms with van der Waals surface area (Å²) in [5.41, 5.74) is 10.8. The molecule has 0 aliphatic heterocycles. The van der Waals surface area contributed by atoms with Gasteiger partial charge in [0.25, 0.3) is 0 Å². The van der Waals surface area contributed by atoms with Gasteiger partial charge in [0.05, 0.1) is 11.9 Å². The summed E-state index contributed by atoms with van der Waals surface area (Å²) in [4.78, 5) is 8.00. The lowest BCUT2D eigenvalue weighted by molar-refractivity contribution is 0.409. The number of H-pyrrole nitrogens is 1. The lowest BCUT2D eigenvalue weighted by atomic mass is 9.94. The number of aryl methyl sites for hydroxylation is 2. The summed E-state index contributed by atoms with van der Waals surface area (Å²) < 4.78 is 0. The van der Waals surface area contributed by atoms with Gasteiger partial charge in [0.1, 0.15) is 5.82 Å². The van der Waals surface area contributed by atoms with Gasteiger partial charge in [-0.15, -0.1) is 0 Å². The van der Waals surface area contributed by atoms with Crippen molar-refractivity contribution >= 4 is 0 Å². The van der Waals surface area contributed by atoms with Crippen LogP contribution in [0.1, 0.15) is 37.2 Å². The van der Waals surface area contributed by atoms with Crippen molar-refractivity contribution in [3.63, 3.8) is 0 Å². The first kappa shape index (κ1) is 15.8. The van der Waals surface area contributed by atoms with Gasteiger partial charge in [-0.1, -0.05) is 37.6 Å². The van der Waals surface area contributed by atoms with Gasteiger partial charge in [-0.25, -0.2) is 4.98 Å². The number of rotatable bonds is 6. The SMILES string of the molecule is Cc1ccc(-c2cnc(CC(CN)CC(C)C)[nH]2)c(C)c1. The molecule has 2 aromatic rings. The number of imidazole rings is 1. The zero-order valence-corrected chi connectivity index (χ0v) is 13.6. The number of nitrogens with one attached hydrogen (secondary N) is 1. The van der Waals surface area contributed by atoms with Gasteiger partial charge in [0, 0.05) is 12.0 Å². The van der Waals surface area contributed by atoms with Crippen LogP contribution < -0.4 is 5.73 Å². The summed E-state index contributed by atoms with van der Waals surface area (Å²) in [6, 6.07) is 6.51. The highest BCUT2D eigenvalue weighted by Gasteiger charge is 2.13. The van der Waals surface area contributed by atoms with E-state index in [-0.39, 0.29) is 0 Å². The van der Waals surface area contributed by atoms with Crippen LogP contribution in [0.2, 0.25) is 0 Å². The summed E-state index contributed by atoms with van der Waals surface area (Å²) in [6.45, 7) is 9.47. The molecule has 3 heteroatoms.